The minimum absolute atomic E-state index is 0.0127. The summed E-state index contributed by atoms with van der Waals surface area (Å²) >= 11 is 5.76. The average Bonchev–Trinajstić information content (AvgIpc) is 2.90. The molecule has 2 amide bonds. The van der Waals surface area contributed by atoms with Crippen LogP contribution in [0.4, 0.5) is 17.1 Å². The second-order valence-electron chi connectivity index (χ2n) is 7.95. The third-order valence-electron chi connectivity index (χ3n) is 5.77. The van der Waals surface area contributed by atoms with Crippen molar-refractivity contribution < 1.29 is 9.59 Å². The number of hydrogen-bond donors (Lipinski definition) is 1. The van der Waals surface area contributed by atoms with Crippen molar-refractivity contribution in [3.05, 3.63) is 83.1 Å². The summed E-state index contributed by atoms with van der Waals surface area (Å²) in [6, 6.07) is 17.2. The summed E-state index contributed by atoms with van der Waals surface area (Å²) in [6.45, 7) is 4.39. The van der Waals surface area contributed by atoms with Crippen LogP contribution >= 0.6 is 11.6 Å². The van der Waals surface area contributed by atoms with E-state index in [2.05, 4.69) is 10.3 Å². The van der Waals surface area contributed by atoms with Gasteiger partial charge < -0.3 is 20.0 Å². The zero-order valence-electron chi connectivity index (χ0n) is 19.7. The van der Waals surface area contributed by atoms with E-state index < -0.39 is 0 Å². The van der Waals surface area contributed by atoms with Crippen molar-refractivity contribution in [2.45, 2.75) is 6.92 Å². The summed E-state index contributed by atoms with van der Waals surface area (Å²) in [4.78, 5) is 32.8. The molecule has 0 aliphatic carbocycles. The van der Waals surface area contributed by atoms with Crippen molar-refractivity contribution in [2.24, 2.45) is 0 Å². The maximum absolute atomic E-state index is 12.5. The van der Waals surface area contributed by atoms with Crippen LogP contribution in [-0.2, 0) is 4.79 Å². The lowest BCUT2D eigenvalue weighted by atomic mass is 10.1. The standard InChI is InChI=1S/C18H20N4O2.C8H10ClN/c1-20(17-6-8-19-9-7-17)16-4-2-15(3-5-16)18(24)22-12-10-21(14-23)11-13-22;1-6-3-4-7(9)5-8(6)10-2/h2-9,14H,10-13H2,1H3;3-5,10H,1-2H3. The second-order valence-corrected chi connectivity index (χ2v) is 8.39. The van der Waals surface area contributed by atoms with E-state index in [-0.39, 0.29) is 5.91 Å². The fourth-order valence-electron chi connectivity index (χ4n) is 3.62. The number of carbonyl (C=O) groups excluding carboxylic acids is 2. The van der Waals surface area contributed by atoms with Crippen molar-refractivity contribution >= 4 is 41.0 Å². The van der Waals surface area contributed by atoms with Gasteiger partial charge in [-0.05, 0) is 61.0 Å². The number of carbonyl (C=O) groups is 2. The average molecular weight is 480 g/mol. The Morgan fingerprint density at radius 3 is 2.18 bits per heavy atom. The minimum atomic E-state index is 0.0127. The second kappa shape index (κ2) is 12.0. The maximum atomic E-state index is 12.5. The lowest BCUT2D eigenvalue weighted by Gasteiger charge is -2.32. The van der Waals surface area contributed by atoms with Crippen molar-refractivity contribution in [2.75, 3.05) is 50.5 Å². The number of nitrogens with zero attached hydrogens (tertiary/aromatic N) is 4. The Morgan fingerprint density at radius 1 is 1.00 bits per heavy atom. The van der Waals surface area contributed by atoms with E-state index in [1.165, 1.54) is 5.56 Å². The fraction of sp³-hybridized carbons (Fsp3) is 0.269. The van der Waals surface area contributed by atoms with Crippen LogP contribution in [-0.4, -0.2) is 67.4 Å². The van der Waals surface area contributed by atoms with Gasteiger partial charge in [0.15, 0.2) is 0 Å². The molecule has 0 radical (unpaired) electrons. The number of amides is 2. The molecule has 0 unspecified atom stereocenters. The SMILES string of the molecule is CN(c1ccncc1)c1ccc(C(=O)N2CCN(C=O)CC2)cc1.CNc1cc(Cl)ccc1C. The number of nitrogens with one attached hydrogen (secondary N) is 1. The Morgan fingerprint density at radius 2 is 1.62 bits per heavy atom. The molecule has 0 bridgehead atoms. The minimum Gasteiger partial charge on any atom is -0.388 e. The number of piperazine rings is 1. The summed E-state index contributed by atoms with van der Waals surface area (Å²) < 4.78 is 0. The molecule has 1 N–H and O–H groups in total. The molecular formula is C26H30ClN5O2. The number of pyridine rings is 1. The number of aryl methyl sites for hydroxylation is 1. The number of benzene rings is 2. The first-order chi connectivity index (χ1) is 16.4. The Labute approximate surface area is 206 Å². The number of rotatable bonds is 5. The van der Waals surface area contributed by atoms with E-state index in [9.17, 15) is 9.59 Å². The van der Waals surface area contributed by atoms with E-state index in [4.69, 9.17) is 11.6 Å². The molecule has 4 rings (SSSR count). The van der Waals surface area contributed by atoms with E-state index in [0.717, 1.165) is 28.5 Å². The van der Waals surface area contributed by atoms with Crippen molar-refractivity contribution in [1.82, 2.24) is 14.8 Å². The maximum Gasteiger partial charge on any atom is 0.253 e. The lowest BCUT2D eigenvalue weighted by molar-refractivity contribution is -0.119. The van der Waals surface area contributed by atoms with Crippen LogP contribution in [0, 0.1) is 6.92 Å². The predicted octanol–water partition coefficient (Wildman–Crippen LogP) is 4.45. The van der Waals surface area contributed by atoms with Gasteiger partial charge in [0.1, 0.15) is 0 Å². The molecule has 2 heterocycles. The van der Waals surface area contributed by atoms with Crippen LogP contribution in [0.15, 0.2) is 67.0 Å². The van der Waals surface area contributed by atoms with Gasteiger partial charge in [0.05, 0.1) is 0 Å². The van der Waals surface area contributed by atoms with Crippen molar-refractivity contribution in [1.29, 1.82) is 0 Å². The molecule has 3 aromatic rings. The lowest BCUT2D eigenvalue weighted by Crippen LogP contribution is -2.48. The molecule has 7 nitrogen and oxygen atoms in total. The quantitative estimate of drug-likeness (QED) is 0.547. The number of halogens is 1. The molecule has 1 aliphatic heterocycles. The van der Waals surface area contributed by atoms with E-state index in [0.29, 0.717) is 31.7 Å². The molecule has 34 heavy (non-hydrogen) atoms. The van der Waals surface area contributed by atoms with Gasteiger partial charge in [-0.25, -0.2) is 0 Å². The molecule has 0 saturated carbocycles. The van der Waals surface area contributed by atoms with Gasteiger partial charge in [0.25, 0.3) is 5.91 Å². The summed E-state index contributed by atoms with van der Waals surface area (Å²) in [7, 11) is 3.86. The fourth-order valence-corrected chi connectivity index (χ4v) is 3.79. The van der Waals surface area contributed by atoms with Crippen LogP contribution in [0.2, 0.25) is 5.02 Å². The molecule has 8 heteroatoms. The summed E-state index contributed by atoms with van der Waals surface area (Å²) in [5.41, 5.74) is 5.01. The highest BCUT2D eigenvalue weighted by molar-refractivity contribution is 6.30. The van der Waals surface area contributed by atoms with Crippen LogP contribution < -0.4 is 10.2 Å². The van der Waals surface area contributed by atoms with Gasteiger partial charge in [0, 0.05) is 80.3 Å². The third kappa shape index (κ3) is 6.48. The third-order valence-corrected chi connectivity index (χ3v) is 6.01. The zero-order valence-corrected chi connectivity index (χ0v) is 20.5. The summed E-state index contributed by atoms with van der Waals surface area (Å²) in [6.07, 6.45) is 4.34. The number of aromatic nitrogens is 1. The van der Waals surface area contributed by atoms with Crippen LogP contribution in [0.5, 0.6) is 0 Å². The normalized spacial score (nSPS) is 12.9. The topological polar surface area (TPSA) is 68.8 Å². The highest BCUT2D eigenvalue weighted by atomic mass is 35.5. The molecule has 1 aromatic heterocycles. The smallest absolute Gasteiger partial charge is 0.253 e. The summed E-state index contributed by atoms with van der Waals surface area (Å²) in [5, 5.41) is 3.82. The molecule has 178 valence electrons. The van der Waals surface area contributed by atoms with E-state index >= 15 is 0 Å². The highest BCUT2D eigenvalue weighted by Gasteiger charge is 2.21. The molecule has 1 aliphatic rings. The largest absolute Gasteiger partial charge is 0.388 e. The Bertz CT molecular complexity index is 1080. The molecule has 2 aromatic carbocycles. The van der Waals surface area contributed by atoms with Gasteiger partial charge in [0.2, 0.25) is 6.41 Å². The Hall–Kier alpha value is -3.58. The Balaban J connectivity index is 0.000000271. The monoisotopic (exact) mass is 479 g/mol. The number of anilines is 3. The van der Waals surface area contributed by atoms with E-state index in [1.807, 2.05) is 80.5 Å². The van der Waals surface area contributed by atoms with Gasteiger partial charge in [-0.15, -0.1) is 0 Å². The predicted molar refractivity (Wildman–Crippen MR) is 138 cm³/mol. The van der Waals surface area contributed by atoms with E-state index in [1.54, 1.807) is 22.2 Å². The zero-order chi connectivity index (χ0) is 24.5. The molecular weight excluding hydrogens is 450 g/mol. The van der Waals surface area contributed by atoms with Crippen molar-refractivity contribution in [3.63, 3.8) is 0 Å². The molecule has 1 saturated heterocycles. The summed E-state index contributed by atoms with van der Waals surface area (Å²) in [5.74, 6) is 0.0127. The van der Waals surface area contributed by atoms with Gasteiger partial charge in [-0.1, -0.05) is 17.7 Å². The Kier molecular flexibility index (Phi) is 8.87. The molecule has 1 fully saturated rings. The molecule has 0 atom stereocenters. The van der Waals surface area contributed by atoms with Crippen LogP contribution in [0.3, 0.4) is 0 Å². The van der Waals surface area contributed by atoms with Crippen molar-refractivity contribution in [3.8, 4) is 0 Å². The first-order valence-corrected chi connectivity index (χ1v) is 11.5. The van der Waals surface area contributed by atoms with Gasteiger partial charge in [-0.3, -0.25) is 14.6 Å². The first-order valence-electron chi connectivity index (χ1n) is 11.1. The molecule has 0 spiro atoms. The van der Waals surface area contributed by atoms with Gasteiger partial charge >= 0.3 is 0 Å². The van der Waals surface area contributed by atoms with Gasteiger partial charge in [-0.2, -0.15) is 0 Å². The van der Waals surface area contributed by atoms with Crippen LogP contribution in [0.1, 0.15) is 15.9 Å². The first kappa shape index (κ1) is 25.1. The highest BCUT2D eigenvalue weighted by Crippen LogP contribution is 2.23. The number of hydrogen-bond acceptors (Lipinski definition) is 5. The van der Waals surface area contributed by atoms with Crippen LogP contribution in [0.25, 0.3) is 0 Å².